The van der Waals surface area contributed by atoms with Gasteiger partial charge >= 0.3 is 0 Å². The number of rotatable bonds is 8. The molecule has 0 radical (unpaired) electrons. The molecule has 1 amide bonds. The molecule has 0 saturated carbocycles. The number of nitrogens with one attached hydrogen (secondary N) is 1. The standard InChI is InChI=1S/C21H22N2O3/c1-25-19-10-11-20(26-2)17(14-19)13-18(15-22)21(24)23-12-6-9-16-7-4-3-5-8-16/h3-5,7-8,10-11,13-14H,6,9,12H2,1-2H3,(H,23,24)/b18-13-. The Morgan fingerprint density at radius 3 is 2.58 bits per heavy atom. The van der Waals surface area contributed by atoms with Gasteiger partial charge in [0.05, 0.1) is 14.2 Å². The third kappa shape index (κ3) is 5.38. The number of nitrogens with zero attached hydrogens (tertiary/aromatic N) is 1. The van der Waals surface area contributed by atoms with E-state index in [0.29, 0.717) is 23.6 Å². The second-order valence-corrected chi connectivity index (χ2v) is 5.62. The zero-order valence-electron chi connectivity index (χ0n) is 15.0. The highest BCUT2D eigenvalue weighted by atomic mass is 16.5. The van der Waals surface area contributed by atoms with Crippen LogP contribution < -0.4 is 14.8 Å². The molecule has 0 heterocycles. The van der Waals surface area contributed by atoms with Crippen LogP contribution >= 0.6 is 0 Å². The van der Waals surface area contributed by atoms with Crippen molar-refractivity contribution in [2.24, 2.45) is 0 Å². The van der Waals surface area contributed by atoms with Crippen molar-refractivity contribution in [2.45, 2.75) is 12.8 Å². The summed E-state index contributed by atoms with van der Waals surface area (Å²) < 4.78 is 10.5. The Morgan fingerprint density at radius 2 is 1.92 bits per heavy atom. The largest absolute Gasteiger partial charge is 0.497 e. The SMILES string of the molecule is COc1ccc(OC)c(/C=C(/C#N)C(=O)NCCCc2ccccc2)c1. The Bertz CT molecular complexity index is 808. The zero-order chi connectivity index (χ0) is 18.8. The Balaban J connectivity index is 2.00. The van der Waals surface area contributed by atoms with Gasteiger partial charge in [0.1, 0.15) is 23.1 Å². The Labute approximate surface area is 153 Å². The number of nitriles is 1. The summed E-state index contributed by atoms with van der Waals surface area (Å²) in [5.74, 6) is 0.790. The zero-order valence-corrected chi connectivity index (χ0v) is 15.0. The van der Waals surface area contributed by atoms with Crippen LogP contribution in [0.5, 0.6) is 11.5 Å². The second kappa shape index (κ2) is 9.90. The smallest absolute Gasteiger partial charge is 0.261 e. The van der Waals surface area contributed by atoms with Crippen LogP contribution in [0.15, 0.2) is 54.1 Å². The number of carbonyl (C=O) groups is 1. The molecule has 1 N–H and O–H groups in total. The highest BCUT2D eigenvalue weighted by molar-refractivity contribution is 6.02. The molecule has 26 heavy (non-hydrogen) atoms. The number of amides is 1. The maximum atomic E-state index is 12.3. The van der Waals surface area contributed by atoms with Crippen molar-refractivity contribution in [2.75, 3.05) is 20.8 Å². The van der Waals surface area contributed by atoms with Gasteiger partial charge in [-0.1, -0.05) is 30.3 Å². The van der Waals surface area contributed by atoms with Gasteiger partial charge in [0.15, 0.2) is 0 Å². The van der Waals surface area contributed by atoms with E-state index in [1.807, 2.05) is 24.3 Å². The number of hydrogen-bond acceptors (Lipinski definition) is 4. The number of hydrogen-bond donors (Lipinski definition) is 1. The van der Waals surface area contributed by atoms with E-state index in [1.54, 1.807) is 25.3 Å². The molecular weight excluding hydrogens is 328 g/mol. The fourth-order valence-corrected chi connectivity index (χ4v) is 2.49. The Hall–Kier alpha value is -3.26. The van der Waals surface area contributed by atoms with Crippen LogP contribution in [-0.2, 0) is 11.2 Å². The lowest BCUT2D eigenvalue weighted by Crippen LogP contribution is -2.25. The number of benzene rings is 2. The van der Waals surface area contributed by atoms with Crippen LogP contribution in [0.3, 0.4) is 0 Å². The van der Waals surface area contributed by atoms with Crippen LogP contribution in [0.1, 0.15) is 17.5 Å². The van der Waals surface area contributed by atoms with E-state index in [2.05, 4.69) is 17.4 Å². The molecule has 134 valence electrons. The Kier molecular flexibility index (Phi) is 7.26. The summed E-state index contributed by atoms with van der Waals surface area (Å²) in [7, 11) is 3.09. The second-order valence-electron chi connectivity index (χ2n) is 5.62. The highest BCUT2D eigenvalue weighted by Crippen LogP contribution is 2.26. The summed E-state index contributed by atoms with van der Waals surface area (Å²) >= 11 is 0. The van der Waals surface area contributed by atoms with Crippen molar-refractivity contribution in [1.82, 2.24) is 5.32 Å². The average molecular weight is 350 g/mol. The first-order valence-electron chi connectivity index (χ1n) is 8.34. The number of aryl methyl sites for hydroxylation is 1. The molecular formula is C21H22N2O3. The number of methoxy groups -OCH3 is 2. The lowest BCUT2D eigenvalue weighted by atomic mass is 10.1. The summed E-state index contributed by atoms with van der Waals surface area (Å²) in [4.78, 5) is 12.3. The fraction of sp³-hybridized carbons (Fsp3) is 0.238. The summed E-state index contributed by atoms with van der Waals surface area (Å²) in [6.45, 7) is 0.502. The van der Waals surface area contributed by atoms with Crippen molar-refractivity contribution < 1.29 is 14.3 Å². The molecule has 5 heteroatoms. The topological polar surface area (TPSA) is 71.3 Å². The van der Waals surface area contributed by atoms with Gasteiger partial charge in [-0.25, -0.2) is 0 Å². The minimum atomic E-state index is -0.398. The predicted molar refractivity (Wildman–Crippen MR) is 101 cm³/mol. The third-order valence-corrected chi connectivity index (χ3v) is 3.87. The van der Waals surface area contributed by atoms with E-state index in [1.165, 1.54) is 18.7 Å². The Morgan fingerprint density at radius 1 is 1.15 bits per heavy atom. The molecule has 0 aliphatic heterocycles. The van der Waals surface area contributed by atoms with Crippen molar-refractivity contribution in [3.63, 3.8) is 0 Å². The van der Waals surface area contributed by atoms with Gasteiger partial charge in [-0.05, 0) is 42.7 Å². The van der Waals surface area contributed by atoms with E-state index in [0.717, 1.165) is 12.8 Å². The molecule has 0 unspecified atom stereocenters. The molecule has 2 aromatic carbocycles. The van der Waals surface area contributed by atoms with Gasteiger partial charge in [0, 0.05) is 12.1 Å². The third-order valence-electron chi connectivity index (χ3n) is 3.87. The molecule has 0 spiro atoms. The first-order chi connectivity index (χ1) is 12.7. The average Bonchev–Trinajstić information content (AvgIpc) is 2.69. The van der Waals surface area contributed by atoms with E-state index < -0.39 is 5.91 Å². The molecule has 0 fully saturated rings. The summed E-state index contributed by atoms with van der Waals surface area (Å²) in [5, 5.41) is 12.1. The monoisotopic (exact) mass is 350 g/mol. The van der Waals surface area contributed by atoms with Crippen LogP contribution in [0.2, 0.25) is 0 Å². The molecule has 2 aromatic rings. The van der Waals surface area contributed by atoms with Crippen molar-refractivity contribution in [3.8, 4) is 17.6 Å². The maximum absolute atomic E-state index is 12.3. The number of ether oxygens (including phenoxy) is 2. The molecule has 0 atom stereocenters. The van der Waals surface area contributed by atoms with Gasteiger partial charge in [-0.3, -0.25) is 4.79 Å². The predicted octanol–water partition coefficient (Wildman–Crippen LogP) is 3.36. The first-order valence-corrected chi connectivity index (χ1v) is 8.34. The summed E-state index contributed by atoms with van der Waals surface area (Å²) in [6, 6.07) is 17.2. The van der Waals surface area contributed by atoms with Gasteiger partial charge in [-0.2, -0.15) is 5.26 Å². The van der Waals surface area contributed by atoms with Crippen molar-refractivity contribution in [3.05, 3.63) is 65.2 Å². The van der Waals surface area contributed by atoms with Gasteiger partial charge < -0.3 is 14.8 Å². The first kappa shape index (κ1) is 19.1. The summed E-state index contributed by atoms with van der Waals surface area (Å²) in [6.07, 6.45) is 3.18. The van der Waals surface area contributed by atoms with Crippen molar-refractivity contribution in [1.29, 1.82) is 5.26 Å². The molecule has 0 aliphatic rings. The molecule has 2 rings (SSSR count). The molecule has 0 bridgehead atoms. The van der Waals surface area contributed by atoms with E-state index >= 15 is 0 Å². The number of carbonyl (C=O) groups excluding carboxylic acids is 1. The molecule has 5 nitrogen and oxygen atoms in total. The van der Waals surface area contributed by atoms with Crippen LogP contribution in [0.4, 0.5) is 0 Å². The minimum Gasteiger partial charge on any atom is -0.497 e. The normalized spacial score (nSPS) is 10.7. The van der Waals surface area contributed by atoms with Crippen LogP contribution in [-0.4, -0.2) is 26.7 Å². The molecule has 0 saturated heterocycles. The quantitative estimate of drug-likeness (QED) is 0.450. The van der Waals surface area contributed by atoms with E-state index in [-0.39, 0.29) is 5.57 Å². The molecule has 0 aromatic heterocycles. The van der Waals surface area contributed by atoms with Crippen molar-refractivity contribution >= 4 is 12.0 Å². The molecule has 0 aliphatic carbocycles. The highest BCUT2D eigenvalue weighted by Gasteiger charge is 2.11. The lowest BCUT2D eigenvalue weighted by Gasteiger charge is -2.08. The van der Waals surface area contributed by atoms with Crippen LogP contribution in [0, 0.1) is 11.3 Å². The minimum absolute atomic E-state index is 0.0243. The van der Waals surface area contributed by atoms with E-state index in [9.17, 15) is 10.1 Å². The van der Waals surface area contributed by atoms with Gasteiger partial charge in [-0.15, -0.1) is 0 Å². The fourth-order valence-electron chi connectivity index (χ4n) is 2.49. The van der Waals surface area contributed by atoms with Gasteiger partial charge in [0.2, 0.25) is 0 Å². The lowest BCUT2D eigenvalue weighted by molar-refractivity contribution is -0.117. The summed E-state index contributed by atoms with van der Waals surface area (Å²) in [5.41, 5.74) is 1.86. The van der Waals surface area contributed by atoms with E-state index in [4.69, 9.17) is 9.47 Å². The maximum Gasteiger partial charge on any atom is 0.261 e. The van der Waals surface area contributed by atoms with Gasteiger partial charge in [0.25, 0.3) is 5.91 Å². The van der Waals surface area contributed by atoms with Crippen LogP contribution in [0.25, 0.3) is 6.08 Å².